The molecule has 0 aromatic heterocycles. The van der Waals surface area contributed by atoms with Crippen LogP contribution in [0.1, 0.15) is 12.8 Å². The summed E-state index contributed by atoms with van der Waals surface area (Å²) in [6.07, 6.45) is -0.809. The zero-order chi connectivity index (χ0) is 9.90. The van der Waals surface area contributed by atoms with E-state index in [2.05, 4.69) is 18.9 Å². The van der Waals surface area contributed by atoms with Gasteiger partial charge in [-0.3, -0.25) is 0 Å². The molecule has 74 valence electrons. The number of methoxy groups -OCH3 is 2. The Balaban J connectivity index is 2.39. The molecule has 0 spiro atoms. The Morgan fingerprint density at radius 1 is 1.00 bits per heavy atom. The number of carbonyl (C=O) groups is 2. The van der Waals surface area contributed by atoms with Crippen LogP contribution in [-0.2, 0) is 18.9 Å². The molecule has 0 heterocycles. The third kappa shape index (κ3) is 2.50. The van der Waals surface area contributed by atoms with E-state index in [1.165, 1.54) is 14.2 Å². The highest BCUT2D eigenvalue weighted by Gasteiger charge is 2.52. The summed E-state index contributed by atoms with van der Waals surface area (Å²) in [6.45, 7) is 0. The Hall–Kier alpha value is -1.46. The molecule has 0 saturated heterocycles. The van der Waals surface area contributed by atoms with Gasteiger partial charge in [0.2, 0.25) is 0 Å². The van der Waals surface area contributed by atoms with Crippen LogP contribution in [0.2, 0.25) is 0 Å². The molecule has 1 saturated carbocycles. The molecule has 0 atom stereocenters. The van der Waals surface area contributed by atoms with Gasteiger partial charge in [-0.25, -0.2) is 9.59 Å². The van der Waals surface area contributed by atoms with Gasteiger partial charge in [-0.1, -0.05) is 0 Å². The monoisotopic (exact) mass is 190 g/mol. The summed E-state index contributed by atoms with van der Waals surface area (Å²) in [6, 6.07) is 0. The summed E-state index contributed by atoms with van der Waals surface area (Å²) < 4.78 is 17.9. The second-order valence-electron chi connectivity index (χ2n) is 2.52. The fourth-order valence-electron chi connectivity index (χ4n) is 0.714. The maximum atomic E-state index is 10.7. The molecule has 1 rings (SSSR count). The molecule has 0 aromatic carbocycles. The van der Waals surface area contributed by atoms with Crippen LogP contribution in [0.4, 0.5) is 9.59 Å². The fraction of sp³-hybridized carbons (Fsp3) is 0.714. The summed E-state index contributed by atoms with van der Waals surface area (Å²) in [5, 5.41) is 0. The first-order chi connectivity index (χ1) is 6.12. The van der Waals surface area contributed by atoms with Crippen LogP contribution in [0, 0.1) is 0 Å². The third-order valence-electron chi connectivity index (χ3n) is 1.53. The number of hydrogen-bond acceptors (Lipinski definition) is 6. The third-order valence-corrected chi connectivity index (χ3v) is 1.53. The first-order valence-electron chi connectivity index (χ1n) is 3.66. The molecule has 0 aliphatic heterocycles. The van der Waals surface area contributed by atoms with Crippen molar-refractivity contribution in [2.24, 2.45) is 0 Å². The Labute approximate surface area is 74.7 Å². The van der Waals surface area contributed by atoms with Crippen LogP contribution < -0.4 is 0 Å². The molecule has 0 amide bonds. The highest BCUT2D eigenvalue weighted by atomic mass is 16.8. The molecular formula is C7H10O6. The summed E-state index contributed by atoms with van der Waals surface area (Å²) in [5.41, 5.74) is 0. The van der Waals surface area contributed by atoms with Crippen molar-refractivity contribution in [1.82, 2.24) is 0 Å². The van der Waals surface area contributed by atoms with Crippen molar-refractivity contribution >= 4 is 12.3 Å². The lowest BCUT2D eigenvalue weighted by atomic mass is 10.7. The van der Waals surface area contributed by atoms with Crippen molar-refractivity contribution in [2.45, 2.75) is 18.6 Å². The van der Waals surface area contributed by atoms with E-state index in [-0.39, 0.29) is 0 Å². The van der Waals surface area contributed by atoms with Gasteiger partial charge in [0.25, 0.3) is 5.79 Å². The smallest absolute Gasteiger partial charge is 0.438 e. The molecule has 6 nitrogen and oxygen atoms in total. The normalized spacial score (nSPS) is 17.1. The van der Waals surface area contributed by atoms with Crippen LogP contribution in [0.15, 0.2) is 0 Å². The predicted octanol–water partition coefficient (Wildman–Crippen LogP) is 1.04. The minimum Gasteiger partial charge on any atom is -0.438 e. The molecule has 1 aliphatic rings. The summed E-state index contributed by atoms with van der Waals surface area (Å²) in [7, 11) is 2.35. The summed E-state index contributed by atoms with van der Waals surface area (Å²) in [5.74, 6) is -1.15. The second kappa shape index (κ2) is 3.51. The standard InChI is InChI=1S/C7H10O6/c1-10-5(8)12-7(3-4-7)13-6(9)11-2/h3-4H2,1-2H3. The van der Waals surface area contributed by atoms with E-state index in [1.807, 2.05) is 0 Å². The average molecular weight is 190 g/mol. The lowest BCUT2D eigenvalue weighted by Gasteiger charge is -2.14. The maximum absolute atomic E-state index is 10.7. The predicted molar refractivity (Wildman–Crippen MR) is 38.9 cm³/mol. The number of ether oxygens (including phenoxy) is 4. The van der Waals surface area contributed by atoms with E-state index in [0.29, 0.717) is 12.8 Å². The zero-order valence-electron chi connectivity index (χ0n) is 7.36. The van der Waals surface area contributed by atoms with E-state index >= 15 is 0 Å². The summed E-state index contributed by atoms with van der Waals surface area (Å²) in [4.78, 5) is 21.3. The molecular weight excluding hydrogens is 180 g/mol. The molecule has 13 heavy (non-hydrogen) atoms. The molecule has 1 fully saturated rings. The van der Waals surface area contributed by atoms with Crippen LogP contribution in [-0.4, -0.2) is 32.3 Å². The number of hydrogen-bond donors (Lipinski definition) is 0. The van der Waals surface area contributed by atoms with Gasteiger partial charge in [0, 0.05) is 12.8 Å². The fourth-order valence-corrected chi connectivity index (χ4v) is 0.714. The van der Waals surface area contributed by atoms with Crippen molar-refractivity contribution in [3.05, 3.63) is 0 Å². The largest absolute Gasteiger partial charge is 0.511 e. The van der Waals surface area contributed by atoms with Gasteiger partial charge in [-0.15, -0.1) is 0 Å². The van der Waals surface area contributed by atoms with Gasteiger partial charge in [0.05, 0.1) is 14.2 Å². The Bertz CT molecular complexity index is 199. The average Bonchev–Trinajstić information content (AvgIpc) is 2.84. The van der Waals surface area contributed by atoms with Gasteiger partial charge in [-0.05, 0) is 0 Å². The molecule has 0 unspecified atom stereocenters. The zero-order valence-corrected chi connectivity index (χ0v) is 7.36. The van der Waals surface area contributed by atoms with Crippen molar-refractivity contribution < 1.29 is 28.5 Å². The van der Waals surface area contributed by atoms with Crippen LogP contribution in [0.5, 0.6) is 0 Å². The Morgan fingerprint density at radius 3 is 1.62 bits per heavy atom. The molecule has 1 aliphatic carbocycles. The maximum Gasteiger partial charge on any atom is 0.511 e. The highest BCUT2D eigenvalue weighted by molar-refractivity contribution is 5.63. The van der Waals surface area contributed by atoms with E-state index < -0.39 is 18.1 Å². The number of carbonyl (C=O) groups excluding carboxylic acids is 2. The van der Waals surface area contributed by atoms with Gasteiger partial charge in [0.15, 0.2) is 0 Å². The van der Waals surface area contributed by atoms with Crippen LogP contribution in [0.3, 0.4) is 0 Å². The van der Waals surface area contributed by atoms with E-state index in [4.69, 9.17) is 0 Å². The van der Waals surface area contributed by atoms with Gasteiger partial charge in [0.1, 0.15) is 0 Å². The van der Waals surface area contributed by atoms with E-state index in [0.717, 1.165) is 0 Å². The van der Waals surface area contributed by atoms with Crippen molar-refractivity contribution in [2.75, 3.05) is 14.2 Å². The first-order valence-corrected chi connectivity index (χ1v) is 3.66. The van der Waals surface area contributed by atoms with Crippen LogP contribution >= 0.6 is 0 Å². The van der Waals surface area contributed by atoms with Crippen molar-refractivity contribution in [1.29, 1.82) is 0 Å². The van der Waals surface area contributed by atoms with Crippen LogP contribution in [0.25, 0.3) is 0 Å². The van der Waals surface area contributed by atoms with E-state index in [9.17, 15) is 9.59 Å². The Kier molecular flexibility index (Phi) is 2.60. The van der Waals surface area contributed by atoms with Crippen molar-refractivity contribution in [3.8, 4) is 0 Å². The minimum absolute atomic E-state index is 0.469. The van der Waals surface area contributed by atoms with Gasteiger partial charge < -0.3 is 18.9 Å². The van der Waals surface area contributed by atoms with Gasteiger partial charge >= 0.3 is 12.3 Å². The Morgan fingerprint density at radius 2 is 1.38 bits per heavy atom. The van der Waals surface area contributed by atoms with E-state index in [1.54, 1.807) is 0 Å². The highest BCUT2D eigenvalue weighted by Crippen LogP contribution is 2.41. The SMILES string of the molecule is COC(=O)OC1(OC(=O)OC)CC1. The minimum atomic E-state index is -1.15. The van der Waals surface area contributed by atoms with Crippen molar-refractivity contribution in [3.63, 3.8) is 0 Å². The quantitative estimate of drug-likeness (QED) is 0.478. The molecule has 6 heteroatoms. The molecule has 0 radical (unpaired) electrons. The second-order valence-corrected chi connectivity index (χ2v) is 2.52. The first kappa shape index (κ1) is 9.63. The lowest BCUT2D eigenvalue weighted by molar-refractivity contribution is -0.118. The van der Waals surface area contributed by atoms with Gasteiger partial charge in [-0.2, -0.15) is 0 Å². The molecule has 0 N–H and O–H groups in total. The lowest BCUT2D eigenvalue weighted by Crippen LogP contribution is -2.26. The molecule has 0 bridgehead atoms. The molecule has 0 aromatic rings. The summed E-state index contributed by atoms with van der Waals surface area (Å²) >= 11 is 0. The number of rotatable bonds is 2. The topological polar surface area (TPSA) is 71.1 Å².